The van der Waals surface area contributed by atoms with Crippen LogP contribution in [0, 0.1) is 0 Å². The molecule has 102 valence electrons. The molecule has 1 unspecified atom stereocenters. The van der Waals surface area contributed by atoms with E-state index in [1.807, 2.05) is 0 Å². The van der Waals surface area contributed by atoms with Crippen molar-refractivity contribution in [2.75, 3.05) is 30.8 Å². The van der Waals surface area contributed by atoms with Crippen molar-refractivity contribution in [2.24, 2.45) is 0 Å². The molecule has 0 bridgehead atoms. The Morgan fingerprint density at radius 2 is 2.32 bits per heavy atom. The van der Waals surface area contributed by atoms with E-state index >= 15 is 0 Å². The predicted octanol–water partition coefficient (Wildman–Crippen LogP) is -0.225. The molecule has 1 atom stereocenters. The van der Waals surface area contributed by atoms with Crippen molar-refractivity contribution in [2.45, 2.75) is 13.0 Å². The van der Waals surface area contributed by atoms with Crippen LogP contribution < -0.4 is 16.0 Å². The van der Waals surface area contributed by atoms with E-state index < -0.39 is 5.97 Å². The number of rotatable bonds is 2. The highest BCUT2D eigenvalue weighted by molar-refractivity contribution is 5.90. The topological polar surface area (TPSA) is 97.5 Å². The van der Waals surface area contributed by atoms with Crippen LogP contribution in [-0.2, 0) is 9.53 Å². The number of hydrogen-bond donors (Lipinski definition) is 2. The van der Waals surface area contributed by atoms with E-state index in [-0.39, 0.29) is 17.6 Å². The van der Waals surface area contributed by atoms with E-state index in [9.17, 15) is 9.59 Å². The van der Waals surface area contributed by atoms with Gasteiger partial charge in [0.25, 0.3) is 0 Å². The SMILES string of the molecule is COC(=O)c1ccc(N)c(N2CCNC(=O)C2C)n1. The minimum Gasteiger partial charge on any atom is -0.464 e. The zero-order valence-corrected chi connectivity index (χ0v) is 10.8. The average molecular weight is 264 g/mol. The maximum absolute atomic E-state index is 11.7. The van der Waals surface area contributed by atoms with Crippen LogP contribution in [0.5, 0.6) is 0 Å². The van der Waals surface area contributed by atoms with Gasteiger partial charge < -0.3 is 20.7 Å². The third kappa shape index (κ3) is 2.44. The highest BCUT2D eigenvalue weighted by Crippen LogP contribution is 2.24. The number of esters is 1. The molecule has 0 saturated carbocycles. The molecule has 0 aliphatic carbocycles. The van der Waals surface area contributed by atoms with Gasteiger partial charge in [0.2, 0.25) is 5.91 Å². The van der Waals surface area contributed by atoms with Crippen LogP contribution in [-0.4, -0.2) is 43.1 Å². The summed E-state index contributed by atoms with van der Waals surface area (Å²) in [4.78, 5) is 29.1. The van der Waals surface area contributed by atoms with E-state index in [1.54, 1.807) is 17.9 Å². The Labute approximate surface area is 110 Å². The molecule has 1 aromatic rings. The van der Waals surface area contributed by atoms with Crippen molar-refractivity contribution < 1.29 is 14.3 Å². The number of amides is 1. The van der Waals surface area contributed by atoms with Crippen molar-refractivity contribution in [1.29, 1.82) is 0 Å². The van der Waals surface area contributed by atoms with Gasteiger partial charge in [-0.3, -0.25) is 4.79 Å². The van der Waals surface area contributed by atoms with Gasteiger partial charge in [-0.05, 0) is 19.1 Å². The molecule has 1 fully saturated rings. The number of aromatic nitrogens is 1. The lowest BCUT2D eigenvalue weighted by molar-refractivity contribution is -0.122. The number of carbonyl (C=O) groups is 2. The Morgan fingerprint density at radius 1 is 1.58 bits per heavy atom. The molecular formula is C12H16N4O3. The van der Waals surface area contributed by atoms with Gasteiger partial charge in [-0.1, -0.05) is 0 Å². The Bertz CT molecular complexity index is 518. The fourth-order valence-corrected chi connectivity index (χ4v) is 1.98. The van der Waals surface area contributed by atoms with E-state index in [1.165, 1.54) is 13.2 Å². The molecular weight excluding hydrogens is 248 g/mol. The molecule has 1 aliphatic rings. The monoisotopic (exact) mass is 264 g/mol. The molecule has 1 aromatic heterocycles. The lowest BCUT2D eigenvalue weighted by Crippen LogP contribution is -2.54. The summed E-state index contributed by atoms with van der Waals surface area (Å²) in [6.45, 7) is 2.88. The van der Waals surface area contributed by atoms with Gasteiger partial charge in [0.1, 0.15) is 6.04 Å². The molecule has 7 nitrogen and oxygen atoms in total. The lowest BCUT2D eigenvalue weighted by Gasteiger charge is -2.34. The summed E-state index contributed by atoms with van der Waals surface area (Å²) in [6.07, 6.45) is 0. The number of carbonyl (C=O) groups excluding carboxylic acids is 2. The summed E-state index contributed by atoms with van der Waals surface area (Å²) in [6, 6.07) is 2.71. The van der Waals surface area contributed by atoms with Gasteiger partial charge in [0.15, 0.2) is 11.5 Å². The van der Waals surface area contributed by atoms with Crippen molar-refractivity contribution in [3.63, 3.8) is 0 Å². The number of ether oxygens (including phenoxy) is 1. The summed E-state index contributed by atoms with van der Waals surface area (Å²) in [7, 11) is 1.29. The van der Waals surface area contributed by atoms with E-state index in [0.29, 0.717) is 24.6 Å². The van der Waals surface area contributed by atoms with Crippen molar-refractivity contribution >= 4 is 23.4 Å². The summed E-state index contributed by atoms with van der Waals surface area (Å²) >= 11 is 0. The summed E-state index contributed by atoms with van der Waals surface area (Å²) in [5.74, 6) is -0.184. The number of methoxy groups -OCH3 is 1. The fraction of sp³-hybridized carbons (Fsp3) is 0.417. The number of anilines is 2. The molecule has 3 N–H and O–H groups in total. The van der Waals surface area contributed by atoms with Crippen LogP contribution in [0.25, 0.3) is 0 Å². The highest BCUT2D eigenvalue weighted by atomic mass is 16.5. The minimum absolute atomic E-state index is 0.0871. The molecule has 19 heavy (non-hydrogen) atoms. The zero-order valence-electron chi connectivity index (χ0n) is 10.8. The summed E-state index contributed by atoms with van der Waals surface area (Å²) in [5.41, 5.74) is 6.48. The minimum atomic E-state index is -0.532. The summed E-state index contributed by atoms with van der Waals surface area (Å²) < 4.78 is 4.63. The van der Waals surface area contributed by atoms with Gasteiger partial charge in [-0.25, -0.2) is 9.78 Å². The average Bonchev–Trinajstić information content (AvgIpc) is 2.42. The van der Waals surface area contributed by atoms with E-state index in [0.717, 1.165) is 0 Å². The molecule has 1 amide bonds. The first-order valence-electron chi connectivity index (χ1n) is 5.93. The lowest BCUT2D eigenvalue weighted by atomic mass is 10.2. The normalized spacial score (nSPS) is 18.9. The number of pyridine rings is 1. The largest absolute Gasteiger partial charge is 0.464 e. The number of nitrogen functional groups attached to an aromatic ring is 1. The fourth-order valence-electron chi connectivity index (χ4n) is 1.98. The first-order valence-corrected chi connectivity index (χ1v) is 5.93. The molecule has 7 heteroatoms. The van der Waals surface area contributed by atoms with Gasteiger partial charge in [-0.15, -0.1) is 0 Å². The Balaban J connectivity index is 2.37. The number of hydrogen-bond acceptors (Lipinski definition) is 6. The second-order valence-electron chi connectivity index (χ2n) is 4.26. The number of nitrogens with one attached hydrogen (secondary N) is 1. The van der Waals surface area contributed by atoms with Gasteiger partial charge in [0.05, 0.1) is 12.8 Å². The molecule has 0 radical (unpaired) electrons. The maximum Gasteiger partial charge on any atom is 0.356 e. The summed E-state index contributed by atoms with van der Waals surface area (Å²) in [5, 5.41) is 2.76. The third-order valence-corrected chi connectivity index (χ3v) is 3.07. The van der Waals surface area contributed by atoms with Crippen LogP contribution in [0.4, 0.5) is 11.5 Å². The van der Waals surface area contributed by atoms with Crippen LogP contribution in [0.2, 0.25) is 0 Å². The quantitative estimate of drug-likeness (QED) is 0.716. The number of nitrogens with zero attached hydrogens (tertiary/aromatic N) is 2. The van der Waals surface area contributed by atoms with Crippen LogP contribution in [0.15, 0.2) is 12.1 Å². The van der Waals surface area contributed by atoms with Crippen molar-refractivity contribution in [3.8, 4) is 0 Å². The van der Waals surface area contributed by atoms with Crippen molar-refractivity contribution in [1.82, 2.24) is 10.3 Å². The highest BCUT2D eigenvalue weighted by Gasteiger charge is 2.28. The maximum atomic E-state index is 11.7. The second-order valence-corrected chi connectivity index (χ2v) is 4.26. The van der Waals surface area contributed by atoms with Crippen LogP contribution >= 0.6 is 0 Å². The van der Waals surface area contributed by atoms with Gasteiger partial charge in [0, 0.05) is 13.1 Å². The molecule has 1 aliphatic heterocycles. The molecule has 0 aromatic carbocycles. The van der Waals surface area contributed by atoms with E-state index in [4.69, 9.17) is 5.73 Å². The van der Waals surface area contributed by atoms with E-state index in [2.05, 4.69) is 15.0 Å². The first kappa shape index (κ1) is 13.1. The second kappa shape index (κ2) is 5.13. The Kier molecular flexibility index (Phi) is 3.55. The Morgan fingerprint density at radius 3 is 3.00 bits per heavy atom. The first-order chi connectivity index (χ1) is 9.04. The van der Waals surface area contributed by atoms with Crippen molar-refractivity contribution in [3.05, 3.63) is 17.8 Å². The number of piperazine rings is 1. The number of nitrogens with two attached hydrogens (primary N) is 1. The molecule has 2 rings (SSSR count). The van der Waals surface area contributed by atoms with Crippen LogP contribution in [0.1, 0.15) is 17.4 Å². The molecule has 1 saturated heterocycles. The van der Waals surface area contributed by atoms with Crippen LogP contribution in [0.3, 0.4) is 0 Å². The zero-order chi connectivity index (χ0) is 14.0. The smallest absolute Gasteiger partial charge is 0.356 e. The van der Waals surface area contributed by atoms with Gasteiger partial charge >= 0.3 is 5.97 Å². The van der Waals surface area contributed by atoms with Gasteiger partial charge in [-0.2, -0.15) is 0 Å². The molecule has 0 spiro atoms. The molecule has 2 heterocycles. The standard InChI is InChI=1S/C12H16N4O3/c1-7-11(17)14-5-6-16(7)10-8(13)3-4-9(15-10)12(18)19-2/h3-4,7H,5-6,13H2,1-2H3,(H,14,17). The third-order valence-electron chi connectivity index (χ3n) is 3.07. The Hall–Kier alpha value is -2.31. The predicted molar refractivity (Wildman–Crippen MR) is 69.8 cm³/mol.